The summed E-state index contributed by atoms with van der Waals surface area (Å²) in [5.41, 5.74) is 4.12. The minimum Gasteiger partial charge on any atom is -0.366 e. The van der Waals surface area contributed by atoms with Crippen molar-refractivity contribution in [2.24, 2.45) is 0 Å². The monoisotopic (exact) mass is 407 g/mol. The van der Waals surface area contributed by atoms with Gasteiger partial charge in [-0.25, -0.2) is 0 Å². The van der Waals surface area contributed by atoms with Crippen LogP contribution in [0.25, 0.3) is 6.08 Å². The minimum atomic E-state index is -0.433. The molecule has 1 aliphatic rings. The first-order valence-electron chi connectivity index (χ1n) is 9.85. The van der Waals surface area contributed by atoms with Gasteiger partial charge in [0.1, 0.15) is 11.6 Å². The Labute approximate surface area is 177 Å². The van der Waals surface area contributed by atoms with Crippen molar-refractivity contribution in [2.45, 2.75) is 45.6 Å². The second-order valence-electron chi connectivity index (χ2n) is 8.11. The van der Waals surface area contributed by atoms with Crippen LogP contribution in [0.2, 0.25) is 5.02 Å². The van der Waals surface area contributed by atoms with Crippen LogP contribution in [0.5, 0.6) is 0 Å². The summed E-state index contributed by atoms with van der Waals surface area (Å²) in [7, 11) is 0. The molecule has 0 saturated carbocycles. The molecule has 0 saturated heterocycles. The standard InChI is InChI=1S/C24H26ClN3O/c1-5-28-22-11-6-17(13-21(22)16(2)14-24(28,3)4)12-18(15-26)23(29)27-20-9-7-19(25)8-10-20/h6-13,16H,5,14H2,1-4H3,(H,27,29)/b18-12-/t16-/m1/s1. The zero-order valence-electron chi connectivity index (χ0n) is 17.3. The predicted molar refractivity (Wildman–Crippen MR) is 120 cm³/mol. The molecule has 0 unspecified atom stereocenters. The Kier molecular flexibility index (Phi) is 6.00. The third kappa shape index (κ3) is 4.46. The van der Waals surface area contributed by atoms with E-state index in [0.717, 1.165) is 18.5 Å². The third-order valence-electron chi connectivity index (χ3n) is 5.50. The van der Waals surface area contributed by atoms with Crippen LogP contribution in [0, 0.1) is 11.3 Å². The van der Waals surface area contributed by atoms with Crippen LogP contribution in [-0.4, -0.2) is 18.0 Å². The Morgan fingerprint density at radius 2 is 2.00 bits per heavy atom. The van der Waals surface area contributed by atoms with Crippen LogP contribution in [0.15, 0.2) is 48.0 Å². The highest BCUT2D eigenvalue weighted by Gasteiger charge is 2.35. The fraction of sp³-hybridized carbons (Fsp3) is 0.333. The van der Waals surface area contributed by atoms with E-state index in [9.17, 15) is 10.1 Å². The van der Waals surface area contributed by atoms with Gasteiger partial charge in [-0.3, -0.25) is 4.79 Å². The number of carbonyl (C=O) groups excluding carboxylic acids is 1. The van der Waals surface area contributed by atoms with E-state index in [1.807, 2.05) is 12.1 Å². The van der Waals surface area contributed by atoms with E-state index >= 15 is 0 Å². The zero-order valence-corrected chi connectivity index (χ0v) is 18.0. The van der Waals surface area contributed by atoms with E-state index < -0.39 is 5.91 Å². The van der Waals surface area contributed by atoms with Crippen molar-refractivity contribution in [2.75, 3.05) is 16.8 Å². The van der Waals surface area contributed by atoms with Crippen molar-refractivity contribution in [3.05, 3.63) is 64.2 Å². The highest BCUT2D eigenvalue weighted by Crippen LogP contribution is 2.43. The number of carbonyl (C=O) groups is 1. The molecule has 2 aromatic rings. The lowest BCUT2D eigenvalue weighted by Gasteiger charge is -2.47. The molecule has 0 bridgehead atoms. The predicted octanol–water partition coefficient (Wildman–Crippen LogP) is 6.00. The Balaban J connectivity index is 1.89. The smallest absolute Gasteiger partial charge is 0.266 e. The van der Waals surface area contributed by atoms with Gasteiger partial charge in [-0.2, -0.15) is 5.26 Å². The van der Waals surface area contributed by atoms with Crippen molar-refractivity contribution >= 4 is 35.0 Å². The van der Waals surface area contributed by atoms with Gasteiger partial charge in [0.25, 0.3) is 5.91 Å². The Morgan fingerprint density at radius 1 is 1.31 bits per heavy atom. The number of nitrogens with one attached hydrogen (secondary N) is 1. The number of nitrogens with zero attached hydrogens (tertiary/aromatic N) is 2. The maximum absolute atomic E-state index is 12.5. The van der Waals surface area contributed by atoms with Crippen LogP contribution in [0.3, 0.4) is 0 Å². The second kappa shape index (κ2) is 8.31. The molecule has 4 nitrogen and oxygen atoms in total. The van der Waals surface area contributed by atoms with Crippen LogP contribution >= 0.6 is 11.6 Å². The normalized spacial score (nSPS) is 18.0. The number of hydrogen-bond acceptors (Lipinski definition) is 3. The molecule has 0 radical (unpaired) electrons. The first-order chi connectivity index (χ1) is 13.7. The van der Waals surface area contributed by atoms with Crippen LogP contribution in [0.1, 0.15) is 51.2 Å². The van der Waals surface area contributed by atoms with E-state index in [0.29, 0.717) is 16.6 Å². The maximum Gasteiger partial charge on any atom is 0.266 e. The molecule has 1 amide bonds. The summed E-state index contributed by atoms with van der Waals surface area (Å²) in [6.45, 7) is 9.90. The van der Waals surface area contributed by atoms with Crippen LogP contribution in [0.4, 0.5) is 11.4 Å². The van der Waals surface area contributed by atoms with Gasteiger partial charge < -0.3 is 10.2 Å². The van der Waals surface area contributed by atoms with Crippen molar-refractivity contribution in [3.8, 4) is 6.07 Å². The van der Waals surface area contributed by atoms with Crippen molar-refractivity contribution < 1.29 is 4.79 Å². The zero-order chi connectivity index (χ0) is 21.2. The molecule has 29 heavy (non-hydrogen) atoms. The first-order valence-corrected chi connectivity index (χ1v) is 10.2. The topological polar surface area (TPSA) is 56.1 Å². The number of hydrogen-bond donors (Lipinski definition) is 1. The highest BCUT2D eigenvalue weighted by molar-refractivity contribution is 6.30. The molecule has 1 aliphatic heterocycles. The largest absolute Gasteiger partial charge is 0.366 e. The number of nitriles is 1. The quantitative estimate of drug-likeness (QED) is 0.499. The molecule has 2 aromatic carbocycles. The van der Waals surface area contributed by atoms with Crippen LogP contribution < -0.4 is 10.2 Å². The van der Waals surface area contributed by atoms with Gasteiger partial charge in [0.05, 0.1) is 0 Å². The maximum atomic E-state index is 12.5. The van der Waals surface area contributed by atoms with Crippen molar-refractivity contribution in [1.82, 2.24) is 0 Å². The summed E-state index contributed by atoms with van der Waals surface area (Å²) < 4.78 is 0. The van der Waals surface area contributed by atoms with Gasteiger partial charge in [0.2, 0.25) is 0 Å². The molecule has 0 aliphatic carbocycles. The first kappa shape index (κ1) is 21.0. The molecule has 150 valence electrons. The van der Waals surface area contributed by atoms with Gasteiger partial charge >= 0.3 is 0 Å². The molecule has 1 N–H and O–H groups in total. The lowest BCUT2D eigenvalue weighted by molar-refractivity contribution is -0.112. The average Bonchev–Trinajstić information content (AvgIpc) is 2.67. The van der Waals surface area contributed by atoms with E-state index in [1.54, 1.807) is 30.3 Å². The van der Waals surface area contributed by atoms with Gasteiger partial charge in [-0.05, 0) is 86.7 Å². The van der Waals surface area contributed by atoms with Gasteiger partial charge in [-0.1, -0.05) is 24.6 Å². The fourth-order valence-electron chi connectivity index (χ4n) is 4.24. The number of anilines is 2. The van der Waals surface area contributed by atoms with E-state index in [-0.39, 0.29) is 11.1 Å². The molecule has 3 rings (SSSR count). The summed E-state index contributed by atoms with van der Waals surface area (Å²) in [5.74, 6) is -0.0264. The van der Waals surface area contributed by atoms with Gasteiger partial charge in [-0.15, -0.1) is 0 Å². The summed E-state index contributed by atoms with van der Waals surface area (Å²) in [5, 5.41) is 12.8. The number of benzene rings is 2. The molecular weight excluding hydrogens is 382 g/mol. The SMILES string of the molecule is CCN1c2ccc(/C=C(/C#N)C(=O)Nc3ccc(Cl)cc3)cc2[C@H](C)CC1(C)C. The lowest BCUT2D eigenvalue weighted by atomic mass is 9.79. The van der Waals surface area contributed by atoms with Crippen molar-refractivity contribution in [3.63, 3.8) is 0 Å². The fourth-order valence-corrected chi connectivity index (χ4v) is 4.37. The lowest BCUT2D eigenvalue weighted by Crippen LogP contribution is -2.48. The highest BCUT2D eigenvalue weighted by atomic mass is 35.5. The number of rotatable bonds is 4. The summed E-state index contributed by atoms with van der Waals surface area (Å²) in [6.07, 6.45) is 2.71. The van der Waals surface area contributed by atoms with Crippen LogP contribution in [-0.2, 0) is 4.79 Å². The Bertz CT molecular complexity index is 986. The summed E-state index contributed by atoms with van der Waals surface area (Å²) >= 11 is 5.87. The van der Waals surface area contributed by atoms with E-state index in [1.165, 1.54) is 11.3 Å². The average molecular weight is 408 g/mol. The van der Waals surface area contributed by atoms with E-state index in [2.05, 4.69) is 50.0 Å². The second-order valence-corrected chi connectivity index (χ2v) is 8.55. The number of fused-ring (bicyclic) bond motifs is 1. The van der Waals surface area contributed by atoms with Gasteiger partial charge in [0.15, 0.2) is 0 Å². The van der Waals surface area contributed by atoms with Gasteiger partial charge in [0, 0.05) is 28.5 Å². The van der Waals surface area contributed by atoms with E-state index in [4.69, 9.17) is 11.6 Å². The number of amides is 1. The van der Waals surface area contributed by atoms with Crippen molar-refractivity contribution in [1.29, 1.82) is 5.26 Å². The Hall–Kier alpha value is -2.77. The number of halogens is 1. The molecule has 0 aromatic heterocycles. The molecule has 0 spiro atoms. The third-order valence-corrected chi connectivity index (χ3v) is 5.76. The molecule has 0 fully saturated rings. The molecule has 5 heteroatoms. The Morgan fingerprint density at radius 3 is 2.62 bits per heavy atom. The molecule has 1 heterocycles. The molecular formula is C24H26ClN3O. The summed E-state index contributed by atoms with van der Waals surface area (Å²) in [4.78, 5) is 15.0. The minimum absolute atomic E-state index is 0.0658. The molecule has 1 atom stereocenters. The summed E-state index contributed by atoms with van der Waals surface area (Å²) in [6, 6.07) is 15.0.